The fourth-order valence-electron chi connectivity index (χ4n) is 5.26. The molecule has 2 fully saturated rings. The van der Waals surface area contributed by atoms with Crippen molar-refractivity contribution in [3.8, 4) is 0 Å². The van der Waals surface area contributed by atoms with Gasteiger partial charge in [-0.3, -0.25) is 20.4 Å². The summed E-state index contributed by atoms with van der Waals surface area (Å²) in [6, 6.07) is 9.90. The Kier molecular flexibility index (Phi) is 8.08. The molecule has 1 aromatic heterocycles. The first kappa shape index (κ1) is 29.6. The SMILES string of the molecule is CC(C)(C)c1ccc(NC(=O)ON2CCC3(C=C(C(=O)N4CCN(c5ncccc5C(F)(F)F)CC4)NO3)CC2)cc1. The third-order valence-corrected chi connectivity index (χ3v) is 7.74. The highest BCUT2D eigenvalue weighted by atomic mass is 19.4. The highest BCUT2D eigenvalue weighted by Gasteiger charge is 2.42. The number of hydrogen-bond acceptors (Lipinski definition) is 8. The van der Waals surface area contributed by atoms with Crippen molar-refractivity contribution < 1.29 is 32.4 Å². The van der Waals surface area contributed by atoms with Crippen molar-refractivity contribution in [2.24, 2.45) is 0 Å². The van der Waals surface area contributed by atoms with Gasteiger partial charge < -0.3 is 14.6 Å². The number of benzene rings is 1. The summed E-state index contributed by atoms with van der Waals surface area (Å²) >= 11 is 0. The van der Waals surface area contributed by atoms with Gasteiger partial charge in [0.05, 0.1) is 5.56 Å². The van der Waals surface area contributed by atoms with Crippen molar-refractivity contribution in [3.05, 3.63) is 65.5 Å². The number of pyridine rings is 1. The number of halogens is 3. The summed E-state index contributed by atoms with van der Waals surface area (Å²) in [5.74, 6) is -0.405. The van der Waals surface area contributed by atoms with E-state index in [-0.39, 0.29) is 43.3 Å². The van der Waals surface area contributed by atoms with Crippen molar-refractivity contribution in [1.82, 2.24) is 20.4 Å². The van der Waals surface area contributed by atoms with E-state index in [2.05, 4.69) is 36.6 Å². The molecule has 2 aromatic rings. The monoisotopic (exact) mass is 588 g/mol. The molecule has 10 nitrogen and oxygen atoms in total. The van der Waals surface area contributed by atoms with Crippen LogP contribution >= 0.6 is 0 Å². The van der Waals surface area contributed by atoms with E-state index in [1.54, 1.807) is 20.9 Å². The van der Waals surface area contributed by atoms with Crippen LogP contribution in [0.25, 0.3) is 0 Å². The minimum atomic E-state index is -4.51. The largest absolute Gasteiger partial charge is 0.430 e. The Morgan fingerprint density at radius 2 is 1.67 bits per heavy atom. The summed E-state index contributed by atoms with van der Waals surface area (Å²) in [6.45, 7) is 8.10. The molecule has 0 bridgehead atoms. The van der Waals surface area contributed by atoms with E-state index in [1.807, 2.05) is 24.3 Å². The average molecular weight is 589 g/mol. The molecule has 0 saturated carbocycles. The van der Waals surface area contributed by atoms with E-state index < -0.39 is 23.4 Å². The van der Waals surface area contributed by atoms with E-state index in [4.69, 9.17) is 9.68 Å². The molecule has 1 aromatic carbocycles. The minimum Gasteiger partial charge on any atom is -0.353 e. The third-order valence-electron chi connectivity index (χ3n) is 7.74. The van der Waals surface area contributed by atoms with Crippen LogP contribution in [0.3, 0.4) is 0 Å². The number of aromatic nitrogens is 1. The number of nitrogens with zero attached hydrogens (tertiary/aromatic N) is 4. The van der Waals surface area contributed by atoms with Crippen LogP contribution < -0.4 is 15.7 Å². The van der Waals surface area contributed by atoms with Gasteiger partial charge in [0.2, 0.25) is 0 Å². The first-order valence-corrected chi connectivity index (χ1v) is 13.9. The van der Waals surface area contributed by atoms with Crippen LogP contribution in [0, 0.1) is 0 Å². The minimum absolute atomic E-state index is 0.0120. The Bertz CT molecular complexity index is 1330. The second-order valence-electron chi connectivity index (χ2n) is 11.7. The molecule has 4 heterocycles. The molecule has 226 valence electrons. The first-order valence-electron chi connectivity index (χ1n) is 13.9. The molecule has 3 aliphatic heterocycles. The molecule has 0 atom stereocenters. The Hall–Kier alpha value is -3.84. The van der Waals surface area contributed by atoms with Gasteiger partial charge in [0, 0.05) is 51.2 Å². The molecule has 0 aliphatic carbocycles. The molecule has 2 saturated heterocycles. The lowest BCUT2D eigenvalue weighted by Gasteiger charge is -2.36. The molecule has 2 amide bonds. The van der Waals surface area contributed by atoms with Crippen molar-refractivity contribution in [2.45, 2.75) is 50.8 Å². The Balaban J connectivity index is 1.10. The van der Waals surface area contributed by atoms with Gasteiger partial charge in [-0.2, -0.15) is 13.2 Å². The fourth-order valence-corrected chi connectivity index (χ4v) is 5.26. The fraction of sp³-hybridized carbons (Fsp3) is 0.483. The number of anilines is 2. The van der Waals surface area contributed by atoms with Gasteiger partial charge in [-0.1, -0.05) is 32.9 Å². The summed E-state index contributed by atoms with van der Waals surface area (Å²) in [6.07, 6.45) is -1.03. The second-order valence-corrected chi connectivity index (χ2v) is 11.7. The van der Waals surface area contributed by atoms with Crippen LogP contribution in [0.15, 0.2) is 54.4 Å². The number of amides is 2. The molecule has 3 aliphatic rings. The van der Waals surface area contributed by atoms with Crippen LogP contribution in [0.2, 0.25) is 0 Å². The summed E-state index contributed by atoms with van der Waals surface area (Å²) < 4.78 is 40.2. The van der Waals surface area contributed by atoms with E-state index in [9.17, 15) is 22.8 Å². The highest BCUT2D eigenvalue weighted by molar-refractivity contribution is 5.93. The summed E-state index contributed by atoms with van der Waals surface area (Å²) in [7, 11) is 0. The molecule has 2 N–H and O–H groups in total. The number of piperazine rings is 1. The Morgan fingerprint density at radius 3 is 2.29 bits per heavy atom. The van der Waals surface area contributed by atoms with Gasteiger partial charge in [0.15, 0.2) is 0 Å². The number of nitrogens with one attached hydrogen (secondary N) is 2. The second kappa shape index (κ2) is 11.4. The van der Waals surface area contributed by atoms with Gasteiger partial charge in [-0.15, -0.1) is 5.06 Å². The predicted octanol–water partition coefficient (Wildman–Crippen LogP) is 4.46. The van der Waals surface area contributed by atoms with Gasteiger partial charge in [-0.05, 0) is 54.2 Å². The molecule has 0 unspecified atom stereocenters. The Morgan fingerprint density at radius 1 is 1.00 bits per heavy atom. The maximum Gasteiger partial charge on any atom is 0.430 e. The molecule has 13 heteroatoms. The van der Waals surface area contributed by atoms with Crippen molar-refractivity contribution in [2.75, 3.05) is 49.5 Å². The quantitative estimate of drug-likeness (QED) is 0.540. The molecule has 1 spiro atoms. The van der Waals surface area contributed by atoms with Crippen LogP contribution in [-0.2, 0) is 26.1 Å². The van der Waals surface area contributed by atoms with E-state index in [1.165, 1.54) is 12.3 Å². The van der Waals surface area contributed by atoms with Crippen molar-refractivity contribution >= 4 is 23.5 Å². The number of hydroxylamine groups is 3. The lowest BCUT2D eigenvalue weighted by molar-refractivity contribution is -0.155. The number of rotatable bonds is 4. The van der Waals surface area contributed by atoms with Gasteiger partial charge >= 0.3 is 12.3 Å². The third kappa shape index (κ3) is 6.62. The summed E-state index contributed by atoms with van der Waals surface area (Å²) in [5, 5.41) is 4.30. The van der Waals surface area contributed by atoms with E-state index >= 15 is 0 Å². The number of carbonyl (C=O) groups excluding carboxylic acids is 2. The van der Waals surface area contributed by atoms with E-state index in [0.29, 0.717) is 37.3 Å². The van der Waals surface area contributed by atoms with Gasteiger partial charge in [-0.25, -0.2) is 9.78 Å². The Labute approximate surface area is 242 Å². The maximum absolute atomic E-state index is 13.4. The molecule has 5 rings (SSSR count). The molecular formula is C29H35F3N6O4. The normalized spacial score (nSPS) is 19.3. The van der Waals surface area contributed by atoms with Gasteiger partial charge in [0.1, 0.15) is 17.1 Å². The molecule has 42 heavy (non-hydrogen) atoms. The zero-order chi connectivity index (χ0) is 30.1. The van der Waals surface area contributed by atoms with Crippen molar-refractivity contribution in [1.29, 1.82) is 0 Å². The van der Waals surface area contributed by atoms with Gasteiger partial charge in [0.25, 0.3) is 5.91 Å². The van der Waals surface area contributed by atoms with Crippen LogP contribution in [-0.4, -0.2) is 71.8 Å². The standard InChI is InChI=1S/C29H35F3N6O4/c1-27(2,3)20-6-8-21(9-7-20)34-26(40)41-38-13-10-28(11-14-38)19-23(35-42-28)25(39)37-17-15-36(16-18-37)24-22(29(30,31)32)5-4-12-33-24/h4-9,12,19,35H,10-11,13-18H2,1-3H3,(H,34,40). The van der Waals surface area contributed by atoms with Crippen molar-refractivity contribution in [3.63, 3.8) is 0 Å². The number of alkyl halides is 3. The van der Waals surface area contributed by atoms with E-state index in [0.717, 1.165) is 11.6 Å². The lowest BCUT2D eigenvalue weighted by Crippen LogP contribution is -2.50. The summed E-state index contributed by atoms with van der Waals surface area (Å²) in [4.78, 5) is 44.0. The molecular weight excluding hydrogens is 553 g/mol. The maximum atomic E-state index is 13.4. The number of carbonyl (C=O) groups is 2. The zero-order valence-electron chi connectivity index (χ0n) is 23.8. The first-order chi connectivity index (χ1) is 19.8. The van der Waals surface area contributed by atoms with Crippen LogP contribution in [0.4, 0.5) is 29.5 Å². The summed E-state index contributed by atoms with van der Waals surface area (Å²) in [5.41, 5.74) is 3.34. The van der Waals surface area contributed by atoms with Crippen LogP contribution in [0.5, 0.6) is 0 Å². The van der Waals surface area contributed by atoms with Crippen LogP contribution in [0.1, 0.15) is 44.7 Å². The number of piperidine rings is 1. The zero-order valence-corrected chi connectivity index (χ0v) is 23.8. The smallest absolute Gasteiger partial charge is 0.353 e. The average Bonchev–Trinajstić information content (AvgIpc) is 3.37. The lowest BCUT2D eigenvalue weighted by atomic mass is 9.87. The molecule has 0 radical (unpaired) electrons. The highest BCUT2D eigenvalue weighted by Crippen LogP contribution is 2.36. The predicted molar refractivity (Wildman–Crippen MR) is 149 cm³/mol. The number of hydrogen-bond donors (Lipinski definition) is 2. The topological polar surface area (TPSA) is 99.3 Å².